The van der Waals surface area contributed by atoms with E-state index in [0.717, 1.165) is 5.69 Å². The third-order valence-corrected chi connectivity index (χ3v) is 5.80. The molecule has 4 N–H and O–H groups in total. The van der Waals surface area contributed by atoms with Gasteiger partial charge >= 0.3 is 6.18 Å². The van der Waals surface area contributed by atoms with Gasteiger partial charge in [0.1, 0.15) is 12.4 Å². The lowest BCUT2D eigenvalue weighted by Crippen LogP contribution is -2.33. The van der Waals surface area contributed by atoms with Gasteiger partial charge in [-0.05, 0) is 39.5 Å². The molecule has 0 aliphatic heterocycles. The van der Waals surface area contributed by atoms with Crippen LogP contribution in [-0.4, -0.2) is 47.4 Å². The first-order chi connectivity index (χ1) is 15.6. The fourth-order valence-corrected chi connectivity index (χ4v) is 4.16. The molecule has 4 rings (SSSR count). The zero-order valence-corrected chi connectivity index (χ0v) is 18.4. The molecule has 178 valence electrons. The van der Waals surface area contributed by atoms with Crippen molar-refractivity contribution in [1.29, 1.82) is 0 Å². The second-order valence-corrected chi connectivity index (χ2v) is 8.24. The third-order valence-electron chi connectivity index (χ3n) is 5.80. The highest BCUT2D eigenvalue weighted by Gasteiger charge is 2.41. The molecule has 0 unspecified atom stereocenters. The highest BCUT2D eigenvalue weighted by atomic mass is 19.4. The number of carbonyl (C=O) groups is 1. The summed E-state index contributed by atoms with van der Waals surface area (Å²) in [7, 11) is 0. The van der Waals surface area contributed by atoms with Gasteiger partial charge in [0.05, 0.1) is 17.9 Å². The number of halogens is 3. The quantitative estimate of drug-likeness (QED) is 0.510. The minimum atomic E-state index is -4.16. The molecule has 0 radical (unpaired) electrons. The van der Waals surface area contributed by atoms with E-state index in [-0.39, 0.29) is 37.3 Å². The van der Waals surface area contributed by atoms with E-state index in [1.165, 1.54) is 6.33 Å². The number of aryl methyl sites for hydroxylation is 2. The number of nitrogen functional groups attached to an aromatic ring is 1. The van der Waals surface area contributed by atoms with Crippen LogP contribution in [-0.2, 0) is 17.9 Å². The number of anilines is 3. The summed E-state index contributed by atoms with van der Waals surface area (Å²) in [5.74, 6) is -0.629. The Morgan fingerprint density at radius 3 is 2.64 bits per heavy atom. The van der Waals surface area contributed by atoms with Crippen molar-refractivity contribution < 1.29 is 18.0 Å². The van der Waals surface area contributed by atoms with Crippen LogP contribution < -0.4 is 16.4 Å². The highest BCUT2D eigenvalue weighted by molar-refractivity contribution is 5.91. The Kier molecular flexibility index (Phi) is 6.13. The van der Waals surface area contributed by atoms with Gasteiger partial charge in [-0.15, -0.1) is 0 Å². The molecule has 0 atom stereocenters. The molecule has 1 saturated carbocycles. The van der Waals surface area contributed by atoms with Gasteiger partial charge in [0.2, 0.25) is 11.9 Å². The van der Waals surface area contributed by atoms with Crippen molar-refractivity contribution in [2.45, 2.75) is 64.8 Å². The Morgan fingerprint density at radius 2 is 1.97 bits per heavy atom. The lowest BCUT2D eigenvalue weighted by atomic mass is 9.85. The van der Waals surface area contributed by atoms with E-state index in [9.17, 15) is 18.0 Å². The number of hydrogen-bond donors (Lipinski definition) is 3. The Labute approximate surface area is 187 Å². The number of nitrogens with two attached hydrogens (primary N) is 1. The number of nitrogens with zero attached hydrogens (tertiary/aromatic N) is 6. The zero-order valence-electron chi connectivity index (χ0n) is 18.4. The van der Waals surface area contributed by atoms with Gasteiger partial charge in [-0.1, -0.05) is 0 Å². The molecule has 1 amide bonds. The Hall–Kier alpha value is -3.38. The highest BCUT2D eigenvalue weighted by Crippen LogP contribution is 2.38. The van der Waals surface area contributed by atoms with Gasteiger partial charge in [0.15, 0.2) is 17.0 Å². The SMILES string of the molecule is CCn1nc(C)cc1NC(=O)Cn1cnc2c(NC3CCC(C(F)(F)F)CC3)nc(N)nc21. The summed E-state index contributed by atoms with van der Waals surface area (Å²) in [6.07, 6.45) is -1.84. The van der Waals surface area contributed by atoms with Gasteiger partial charge in [0.25, 0.3) is 0 Å². The lowest BCUT2D eigenvalue weighted by Gasteiger charge is -2.30. The zero-order chi connectivity index (χ0) is 23.8. The van der Waals surface area contributed by atoms with Crippen molar-refractivity contribution in [2.75, 3.05) is 16.4 Å². The summed E-state index contributed by atoms with van der Waals surface area (Å²) in [6, 6.07) is 1.61. The van der Waals surface area contributed by atoms with E-state index in [1.54, 1.807) is 15.3 Å². The second-order valence-electron chi connectivity index (χ2n) is 8.24. The van der Waals surface area contributed by atoms with Crippen LogP contribution >= 0.6 is 0 Å². The molecule has 3 heterocycles. The standard InChI is InChI=1S/C20H26F3N9O/c1-3-32-14(8-11(2)30-32)27-15(33)9-31-10-25-16-17(28-19(24)29-18(16)31)26-13-6-4-12(5-7-13)20(21,22)23/h8,10,12-13H,3-7,9H2,1-2H3,(H,27,33)(H3,24,26,28,29). The first-order valence-corrected chi connectivity index (χ1v) is 10.8. The van der Waals surface area contributed by atoms with Crippen molar-refractivity contribution in [3.05, 3.63) is 18.1 Å². The molecule has 0 aromatic carbocycles. The number of aromatic nitrogens is 6. The maximum absolute atomic E-state index is 12.9. The third kappa shape index (κ3) is 5.01. The summed E-state index contributed by atoms with van der Waals surface area (Å²) >= 11 is 0. The molecule has 1 aliphatic carbocycles. The number of rotatable bonds is 6. The molecular weight excluding hydrogens is 439 g/mol. The van der Waals surface area contributed by atoms with Gasteiger partial charge in [0, 0.05) is 18.7 Å². The van der Waals surface area contributed by atoms with E-state index in [2.05, 4.69) is 30.7 Å². The minimum Gasteiger partial charge on any atom is -0.368 e. The number of amides is 1. The number of hydrogen-bond acceptors (Lipinski definition) is 7. The topological polar surface area (TPSA) is 129 Å². The fourth-order valence-electron chi connectivity index (χ4n) is 4.16. The monoisotopic (exact) mass is 465 g/mol. The first kappa shape index (κ1) is 22.8. The molecular formula is C20H26F3N9O. The summed E-state index contributed by atoms with van der Waals surface area (Å²) < 4.78 is 42.0. The second kappa shape index (κ2) is 8.87. The normalized spacial score (nSPS) is 19.1. The van der Waals surface area contributed by atoms with E-state index in [1.807, 2.05) is 13.8 Å². The summed E-state index contributed by atoms with van der Waals surface area (Å²) in [5.41, 5.74) is 7.43. The van der Waals surface area contributed by atoms with Crippen LogP contribution in [0.25, 0.3) is 11.2 Å². The van der Waals surface area contributed by atoms with Crippen molar-refractivity contribution in [3.8, 4) is 0 Å². The van der Waals surface area contributed by atoms with Crippen LogP contribution in [0.4, 0.5) is 30.8 Å². The molecule has 33 heavy (non-hydrogen) atoms. The Bertz CT molecular complexity index is 1150. The van der Waals surface area contributed by atoms with Crippen LogP contribution in [0.1, 0.15) is 38.3 Å². The van der Waals surface area contributed by atoms with Crippen molar-refractivity contribution >= 4 is 34.7 Å². The van der Waals surface area contributed by atoms with Crippen LogP contribution in [0.5, 0.6) is 0 Å². The lowest BCUT2D eigenvalue weighted by molar-refractivity contribution is -0.182. The average molecular weight is 465 g/mol. The largest absolute Gasteiger partial charge is 0.391 e. The van der Waals surface area contributed by atoms with E-state index >= 15 is 0 Å². The number of alkyl halides is 3. The van der Waals surface area contributed by atoms with Gasteiger partial charge in [-0.3, -0.25) is 4.79 Å². The number of fused-ring (bicyclic) bond motifs is 1. The predicted molar refractivity (Wildman–Crippen MR) is 116 cm³/mol. The molecule has 0 saturated heterocycles. The summed E-state index contributed by atoms with van der Waals surface area (Å²) in [6.45, 7) is 4.32. The molecule has 3 aromatic heterocycles. The Balaban J connectivity index is 1.48. The molecule has 13 heteroatoms. The smallest absolute Gasteiger partial charge is 0.368 e. The fraction of sp³-hybridized carbons (Fsp3) is 0.550. The molecule has 0 bridgehead atoms. The van der Waals surface area contributed by atoms with Crippen LogP contribution in [0, 0.1) is 12.8 Å². The maximum Gasteiger partial charge on any atom is 0.391 e. The summed E-state index contributed by atoms with van der Waals surface area (Å²) in [4.78, 5) is 25.3. The first-order valence-electron chi connectivity index (χ1n) is 10.8. The van der Waals surface area contributed by atoms with E-state index in [0.29, 0.717) is 42.2 Å². The van der Waals surface area contributed by atoms with Gasteiger partial charge in [-0.2, -0.15) is 28.2 Å². The number of imidazole rings is 1. The predicted octanol–water partition coefficient (Wildman–Crippen LogP) is 3.11. The van der Waals surface area contributed by atoms with Gasteiger partial charge < -0.3 is 20.9 Å². The number of carbonyl (C=O) groups excluding carboxylic acids is 1. The Morgan fingerprint density at radius 1 is 1.24 bits per heavy atom. The summed E-state index contributed by atoms with van der Waals surface area (Å²) in [5, 5.41) is 10.3. The number of nitrogens with one attached hydrogen (secondary N) is 2. The minimum absolute atomic E-state index is 0.0178. The van der Waals surface area contributed by atoms with Crippen LogP contribution in [0.15, 0.2) is 12.4 Å². The molecule has 3 aromatic rings. The van der Waals surface area contributed by atoms with E-state index < -0.39 is 12.1 Å². The van der Waals surface area contributed by atoms with Crippen molar-refractivity contribution in [2.24, 2.45) is 5.92 Å². The molecule has 1 fully saturated rings. The average Bonchev–Trinajstić information content (AvgIpc) is 3.30. The van der Waals surface area contributed by atoms with Crippen molar-refractivity contribution in [1.82, 2.24) is 29.3 Å². The van der Waals surface area contributed by atoms with Gasteiger partial charge in [-0.25, -0.2) is 9.67 Å². The van der Waals surface area contributed by atoms with Crippen molar-refractivity contribution in [3.63, 3.8) is 0 Å². The van der Waals surface area contributed by atoms with Crippen LogP contribution in [0.2, 0.25) is 0 Å². The molecule has 1 aliphatic rings. The molecule has 10 nitrogen and oxygen atoms in total. The maximum atomic E-state index is 12.9. The van der Waals surface area contributed by atoms with Crippen LogP contribution in [0.3, 0.4) is 0 Å². The van der Waals surface area contributed by atoms with E-state index in [4.69, 9.17) is 5.73 Å². The molecule has 0 spiro atoms.